The molecule has 0 fully saturated rings. The lowest BCUT2D eigenvalue weighted by molar-refractivity contribution is 0.674. The highest BCUT2D eigenvalue weighted by molar-refractivity contribution is 5.25. The molecular weight excluding hydrogens is 222 g/mol. The highest BCUT2D eigenvalue weighted by Crippen LogP contribution is 2.16. The molecule has 0 amide bonds. The van der Waals surface area contributed by atoms with Gasteiger partial charge in [0.25, 0.3) is 0 Å². The van der Waals surface area contributed by atoms with Crippen LogP contribution in [0.5, 0.6) is 0 Å². The summed E-state index contributed by atoms with van der Waals surface area (Å²) in [5.41, 5.74) is 9.64. The van der Waals surface area contributed by atoms with Crippen molar-refractivity contribution in [1.82, 2.24) is 9.55 Å². The van der Waals surface area contributed by atoms with E-state index in [1.165, 1.54) is 11.1 Å². The quantitative estimate of drug-likeness (QED) is 0.896. The SMILES string of the molecule is CC(C)c1ccc(Cn2cncc2C(C)N)cc1. The van der Waals surface area contributed by atoms with Gasteiger partial charge >= 0.3 is 0 Å². The molecule has 1 aromatic heterocycles. The molecule has 1 aromatic carbocycles. The van der Waals surface area contributed by atoms with Gasteiger partial charge in [0.05, 0.1) is 12.0 Å². The fourth-order valence-electron chi connectivity index (χ4n) is 2.05. The minimum Gasteiger partial charge on any atom is -0.329 e. The van der Waals surface area contributed by atoms with E-state index in [1.54, 1.807) is 0 Å². The monoisotopic (exact) mass is 243 g/mol. The fraction of sp³-hybridized carbons (Fsp3) is 0.400. The second kappa shape index (κ2) is 5.36. The third-order valence-corrected chi connectivity index (χ3v) is 3.21. The van der Waals surface area contributed by atoms with E-state index in [-0.39, 0.29) is 6.04 Å². The molecule has 1 atom stereocenters. The van der Waals surface area contributed by atoms with E-state index in [0.29, 0.717) is 5.92 Å². The number of benzene rings is 1. The Bertz CT molecular complexity index is 495. The number of hydrogen-bond donors (Lipinski definition) is 1. The van der Waals surface area contributed by atoms with Gasteiger partial charge in [-0.15, -0.1) is 0 Å². The van der Waals surface area contributed by atoms with Crippen LogP contribution >= 0.6 is 0 Å². The number of nitrogens with two attached hydrogens (primary N) is 1. The van der Waals surface area contributed by atoms with Crippen LogP contribution in [0.3, 0.4) is 0 Å². The lowest BCUT2D eigenvalue weighted by Crippen LogP contribution is -2.12. The van der Waals surface area contributed by atoms with E-state index in [0.717, 1.165) is 12.2 Å². The molecule has 0 aliphatic rings. The van der Waals surface area contributed by atoms with Gasteiger partial charge < -0.3 is 10.3 Å². The lowest BCUT2D eigenvalue weighted by Gasteiger charge is -2.12. The summed E-state index contributed by atoms with van der Waals surface area (Å²) in [5, 5.41) is 0. The molecule has 2 N–H and O–H groups in total. The summed E-state index contributed by atoms with van der Waals surface area (Å²) in [4.78, 5) is 4.17. The van der Waals surface area contributed by atoms with Gasteiger partial charge in [0.15, 0.2) is 0 Å². The second-order valence-electron chi connectivity index (χ2n) is 5.13. The number of aromatic nitrogens is 2. The zero-order valence-electron chi connectivity index (χ0n) is 11.3. The summed E-state index contributed by atoms with van der Waals surface area (Å²) in [6, 6.07) is 8.77. The molecule has 0 bridgehead atoms. The summed E-state index contributed by atoms with van der Waals surface area (Å²) >= 11 is 0. The predicted molar refractivity (Wildman–Crippen MR) is 74.5 cm³/mol. The normalized spacial score (nSPS) is 12.9. The number of hydrogen-bond acceptors (Lipinski definition) is 2. The van der Waals surface area contributed by atoms with E-state index in [2.05, 4.69) is 47.7 Å². The van der Waals surface area contributed by atoms with Crippen molar-refractivity contribution >= 4 is 0 Å². The van der Waals surface area contributed by atoms with Crippen molar-refractivity contribution in [3.05, 3.63) is 53.6 Å². The third-order valence-electron chi connectivity index (χ3n) is 3.21. The van der Waals surface area contributed by atoms with Crippen LogP contribution in [0.25, 0.3) is 0 Å². The van der Waals surface area contributed by atoms with Crippen LogP contribution in [-0.2, 0) is 6.54 Å². The van der Waals surface area contributed by atoms with Crippen LogP contribution in [0.15, 0.2) is 36.8 Å². The summed E-state index contributed by atoms with van der Waals surface area (Å²) in [6.45, 7) is 7.22. The molecule has 0 radical (unpaired) electrons. The average Bonchev–Trinajstić information content (AvgIpc) is 2.78. The molecule has 0 saturated carbocycles. The van der Waals surface area contributed by atoms with Crippen molar-refractivity contribution in [1.29, 1.82) is 0 Å². The highest BCUT2D eigenvalue weighted by Gasteiger charge is 2.07. The van der Waals surface area contributed by atoms with Crippen LogP contribution in [-0.4, -0.2) is 9.55 Å². The van der Waals surface area contributed by atoms with Gasteiger partial charge in [-0.25, -0.2) is 4.98 Å². The first kappa shape index (κ1) is 12.8. The third kappa shape index (κ3) is 2.79. The molecule has 1 heterocycles. The Morgan fingerprint density at radius 3 is 2.39 bits per heavy atom. The first-order valence-corrected chi connectivity index (χ1v) is 6.42. The Balaban J connectivity index is 2.16. The summed E-state index contributed by atoms with van der Waals surface area (Å²) in [5.74, 6) is 0.576. The lowest BCUT2D eigenvalue weighted by atomic mass is 10.0. The van der Waals surface area contributed by atoms with Crippen LogP contribution in [0.2, 0.25) is 0 Å². The fourth-order valence-corrected chi connectivity index (χ4v) is 2.05. The van der Waals surface area contributed by atoms with E-state index < -0.39 is 0 Å². The Labute approximate surface area is 109 Å². The molecular formula is C15H21N3. The molecule has 18 heavy (non-hydrogen) atoms. The summed E-state index contributed by atoms with van der Waals surface area (Å²) in [6.07, 6.45) is 3.68. The molecule has 96 valence electrons. The van der Waals surface area contributed by atoms with Gasteiger partial charge in [-0.3, -0.25) is 0 Å². The minimum atomic E-state index is 0.0161. The van der Waals surface area contributed by atoms with E-state index in [9.17, 15) is 0 Å². The Morgan fingerprint density at radius 2 is 1.83 bits per heavy atom. The summed E-state index contributed by atoms with van der Waals surface area (Å²) in [7, 11) is 0. The maximum atomic E-state index is 5.92. The smallest absolute Gasteiger partial charge is 0.0951 e. The van der Waals surface area contributed by atoms with Crippen LogP contribution in [0.4, 0.5) is 0 Å². The Hall–Kier alpha value is -1.61. The standard InChI is InChI=1S/C15H21N3/c1-11(2)14-6-4-13(5-7-14)9-18-10-17-8-15(18)12(3)16/h4-8,10-12H,9,16H2,1-3H3. The first-order chi connectivity index (χ1) is 8.58. The zero-order valence-corrected chi connectivity index (χ0v) is 11.3. The molecule has 0 aliphatic carbocycles. The molecule has 1 unspecified atom stereocenters. The van der Waals surface area contributed by atoms with Crippen LogP contribution in [0.1, 0.15) is 49.6 Å². The largest absolute Gasteiger partial charge is 0.329 e. The van der Waals surface area contributed by atoms with E-state index in [4.69, 9.17) is 5.73 Å². The Morgan fingerprint density at radius 1 is 1.17 bits per heavy atom. The molecule has 2 rings (SSSR count). The average molecular weight is 243 g/mol. The van der Waals surface area contributed by atoms with E-state index >= 15 is 0 Å². The van der Waals surface area contributed by atoms with Crippen molar-refractivity contribution in [3.63, 3.8) is 0 Å². The van der Waals surface area contributed by atoms with E-state index in [1.807, 2.05) is 19.4 Å². The summed E-state index contributed by atoms with van der Waals surface area (Å²) < 4.78 is 2.11. The Kier molecular flexibility index (Phi) is 3.82. The maximum absolute atomic E-state index is 5.92. The van der Waals surface area contributed by atoms with Crippen molar-refractivity contribution in [2.45, 2.75) is 39.3 Å². The van der Waals surface area contributed by atoms with Gasteiger partial charge in [-0.05, 0) is 24.0 Å². The number of rotatable bonds is 4. The van der Waals surface area contributed by atoms with Gasteiger partial charge in [0.1, 0.15) is 0 Å². The van der Waals surface area contributed by atoms with Crippen molar-refractivity contribution in [3.8, 4) is 0 Å². The van der Waals surface area contributed by atoms with Gasteiger partial charge in [-0.2, -0.15) is 0 Å². The molecule has 0 aliphatic heterocycles. The zero-order chi connectivity index (χ0) is 13.1. The van der Waals surface area contributed by atoms with Gasteiger partial charge in [-0.1, -0.05) is 38.1 Å². The van der Waals surface area contributed by atoms with Crippen molar-refractivity contribution in [2.24, 2.45) is 5.73 Å². The molecule has 0 spiro atoms. The van der Waals surface area contributed by atoms with Gasteiger partial charge in [0, 0.05) is 18.8 Å². The number of imidazole rings is 1. The molecule has 3 nitrogen and oxygen atoms in total. The molecule has 0 saturated heterocycles. The molecule has 2 aromatic rings. The first-order valence-electron chi connectivity index (χ1n) is 6.42. The molecule has 3 heteroatoms. The topological polar surface area (TPSA) is 43.8 Å². The van der Waals surface area contributed by atoms with Crippen molar-refractivity contribution in [2.75, 3.05) is 0 Å². The van der Waals surface area contributed by atoms with Crippen LogP contribution < -0.4 is 5.73 Å². The van der Waals surface area contributed by atoms with Gasteiger partial charge in [0.2, 0.25) is 0 Å². The maximum Gasteiger partial charge on any atom is 0.0951 e. The van der Waals surface area contributed by atoms with Crippen LogP contribution in [0, 0.1) is 0 Å². The van der Waals surface area contributed by atoms with Crippen molar-refractivity contribution < 1.29 is 0 Å². The second-order valence-corrected chi connectivity index (χ2v) is 5.13. The predicted octanol–water partition coefficient (Wildman–Crippen LogP) is 3.07. The number of nitrogens with zero attached hydrogens (tertiary/aromatic N) is 2. The minimum absolute atomic E-state index is 0.0161. The highest BCUT2D eigenvalue weighted by atomic mass is 15.1.